The summed E-state index contributed by atoms with van der Waals surface area (Å²) >= 11 is 0. The van der Waals surface area contributed by atoms with E-state index in [0.29, 0.717) is 11.8 Å². The zero-order valence-electron chi connectivity index (χ0n) is 11.5. The second kappa shape index (κ2) is 5.02. The molecule has 2 unspecified atom stereocenters. The molecule has 2 heteroatoms. The van der Waals surface area contributed by atoms with Crippen molar-refractivity contribution in [2.45, 2.75) is 45.6 Å². The van der Waals surface area contributed by atoms with Gasteiger partial charge in [-0.2, -0.15) is 5.26 Å². The first kappa shape index (κ1) is 13.0. The topological polar surface area (TPSA) is 35.8 Å². The second-order valence-electron chi connectivity index (χ2n) is 5.99. The van der Waals surface area contributed by atoms with Crippen LogP contribution in [0.15, 0.2) is 24.3 Å². The van der Waals surface area contributed by atoms with Gasteiger partial charge in [0.25, 0.3) is 0 Å². The molecule has 0 heterocycles. The van der Waals surface area contributed by atoms with Crippen LogP contribution in [-0.4, -0.2) is 5.54 Å². The third-order valence-electron chi connectivity index (χ3n) is 3.93. The van der Waals surface area contributed by atoms with E-state index in [0.717, 1.165) is 18.5 Å². The second-order valence-corrected chi connectivity index (χ2v) is 5.99. The van der Waals surface area contributed by atoms with E-state index in [1.54, 1.807) is 0 Å². The zero-order valence-corrected chi connectivity index (χ0v) is 11.5. The van der Waals surface area contributed by atoms with E-state index in [9.17, 15) is 5.26 Å². The maximum absolute atomic E-state index is 9.62. The van der Waals surface area contributed by atoms with Crippen molar-refractivity contribution >= 4 is 5.69 Å². The van der Waals surface area contributed by atoms with Crippen LogP contribution in [0.25, 0.3) is 0 Å². The molecule has 1 aromatic carbocycles. The van der Waals surface area contributed by atoms with Crippen LogP contribution in [0.3, 0.4) is 0 Å². The largest absolute Gasteiger partial charge is 0.367 e. The van der Waals surface area contributed by atoms with Gasteiger partial charge in [0.15, 0.2) is 0 Å². The lowest BCUT2D eigenvalue weighted by molar-refractivity contribution is 0.240. The lowest BCUT2D eigenvalue weighted by atomic mass is 9.72. The summed E-state index contributed by atoms with van der Waals surface area (Å²) in [7, 11) is 0. The summed E-state index contributed by atoms with van der Waals surface area (Å²) in [6.45, 7) is 6.59. The number of aryl methyl sites for hydroxylation is 1. The highest BCUT2D eigenvalue weighted by Gasteiger charge is 2.38. The fourth-order valence-corrected chi connectivity index (χ4v) is 3.32. The molecule has 1 aromatic rings. The summed E-state index contributed by atoms with van der Waals surface area (Å²) in [5, 5.41) is 13.1. The molecular formula is C16H22N2. The van der Waals surface area contributed by atoms with Gasteiger partial charge in [0.1, 0.15) is 5.54 Å². The van der Waals surface area contributed by atoms with E-state index in [1.807, 2.05) is 12.1 Å². The molecule has 18 heavy (non-hydrogen) atoms. The quantitative estimate of drug-likeness (QED) is 0.846. The minimum absolute atomic E-state index is 0.386. The van der Waals surface area contributed by atoms with Gasteiger partial charge in [-0.05, 0) is 49.7 Å². The van der Waals surface area contributed by atoms with Gasteiger partial charge in [-0.25, -0.2) is 0 Å². The van der Waals surface area contributed by atoms with Gasteiger partial charge in [-0.15, -0.1) is 0 Å². The Hall–Kier alpha value is -1.49. The molecule has 0 saturated heterocycles. The van der Waals surface area contributed by atoms with Crippen molar-refractivity contribution in [2.75, 3.05) is 5.32 Å². The van der Waals surface area contributed by atoms with E-state index in [-0.39, 0.29) is 5.54 Å². The number of rotatable bonds is 2. The van der Waals surface area contributed by atoms with E-state index >= 15 is 0 Å². The highest BCUT2D eigenvalue weighted by Crippen LogP contribution is 2.38. The fraction of sp³-hybridized carbons (Fsp3) is 0.562. The molecule has 1 fully saturated rings. The predicted molar refractivity (Wildman–Crippen MR) is 75.3 cm³/mol. The molecule has 2 rings (SSSR count). The number of hydrogen-bond acceptors (Lipinski definition) is 2. The first-order valence-corrected chi connectivity index (χ1v) is 6.80. The molecule has 2 atom stereocenters. The standard InChI is InChI=1S/C16H22N2/c1-12-8-13(2)10-16(9-12,11-17)18-15-7-5-4-6-14(15)3/h4-7,12-13,18H,8-10H2,1-3H3. The van der Waals surface area contributed by atoms with Gasteiger partial charge < -0.3 is 5.32 Å². The van der Waals surface area contributed by atoms with Crippen LogP contribution < -0.4 is 5.32 Å². The number of nitrogens with one attached hydrogen (secondary N) is 1. The van der Waals surface area contributed by atoms with Crippen molar-refractivity contribution in [1.29, 1.82) is 5.26 Å². The Morgan fingerprint density at radius 1 is 1.22 bits per heavy atom. The van der Waals surface area contributed by atoms with Crippen LogP contribution in [0.1, 0.15) is 38.7 Å². The van der Waals surface area contributed by atoms with E-state index < -0.39 is 0 Å². The molecule has 0 bridgehead atoms. The van der Waals surface area contributed by atoms with Crippen LogP contribution in [0.4, 0.5) is 5.69 Å². The lowest BCUT2D eigenvalue weighted by Gasteiger charge is -2.39. The Labute approximate surface area is 110 Å². The molecule has 1 N–H and O–H groups in total. The fourth-order valence-electron chi connectivity index (χ4n) is 3.32. The van der Waals surface area contributed by atoms with E-state index in [2.05, 4.69) is 44.3 Å². The van der Waals surface area contributed by atoms with Gasteiger partial charge in [0.05, 0.1) is 6.07 Å². The molecule has 0 amide bonds. The van der Waals surface area contributed by atoms with Crippen molar-refractivity contribution in [3.05, 3.63) is 29.8 Å². The highest BCUT2D eigenvalue weighted by molar-refractivity contribution is 5.53. The van der Waals surface area contributed by atoms with E-state index in [1.165, 1.54) is 12.0 Å². The van der Waals surface area contributed by atoms with Crippen LogP contribution >= 0.6 is 0 Å². The smallest absolute Gasteiger partial charge is 0.125 e. The number of hydrogen-bond donors (Lipinski definition) is 1. The Balaban J connectivity index is 2.24. The number of benzene rings is 1. The molecule has 96 valence electrons. The normalized spacial score (nSPS) is 31.7. The molecule has 0 aromatic heterocycles. The Morgan fingerprint density at radius 3 is 2.39 bits per heavy atom. The number of nitriles is 1. The average Bonchev–Trinajstić information content (AvgIpc) is 2.31. The molecule has 2 nitrogen and oxygen atoms in total. The van der Waals surface area contributed by atoms with Gasteiger partial charge in [0, 0.05) is 5.69 Å². The van der Waals surface area contributed by atoms with Crippen molar-refractivity contribution < 1.29 is 0 Å². The maximum Gasteiger partial charge on any atom is 0.125 e. The summed E-state index contributed by atoms with van der Waals surface area (Å²) in [4.78, 5) is 0. The molecule has 1 saturated carbocycles. The molecule has 0 aliphatic heterocycles. The SMILES string of the molecule is Cc1ccccc1NC1(C#N)CC(C)CC(C)C1. The summed E-state index contributed by atoms with van der Waals surface area (Å²) in [5.74, 6) is 1.23. The minimum atomic E-state index is -0.386. The molecular weight excluding hydrogens is 220 g/mol. The number of anilines is 1. The van der Waals surface area contributed by atoms with E-state index in [4.69, 9.17) is 0 Å². The highest BCUT2D eigenvalue weighted by atomic mass is 15.0. The summed E-state index contributed by atoms with van der Waals surface area (Å²) in [6, 6.07) is 10.8. The predicted octanol–water partition coefficient (Wildman–Crippen LogP) is 4.13. The maximum atomic E-state index is 9.62. The lowest BCUT2D eigenvalue weighted by Crippen LogP contribution is -2.43. The first-order valence-electron chi connectivity index (χ1n) is 6.80. The minimum Gasteiger partial charge on any atom is -0.367 e. The third-order valence-corrected chi connectivity index (χ3v) is 3.93. The van der Waals surface area contributed by atoms with Crippen molar-refractivity contribution in [3.63, 3.8) is 0 Å². The van der Waals surface area contributed by atoms with Crippen LogP contribution in [0, 0.1) is 30.1 Å². The summed E-state index contributed by atoms with van der Waals surface area (Å²) in [5.41, 5.74) is 1.92. The zero-order chi connectivity index (χ0) is 13.2. The number of para-hydroxylation sites is 1. The van der Waals surface area contributed by atoms with Crippen molar-refractivity contribution in [3.8, 4) is 6.07 Å². The van der Waals surface area contributed by atoms with Crippen LogP contribution in [0.2, 0.25) is 0 Å². The van der Waals surface area contributed by atoms with Gasteiger partial charge >= 0.3 is 0 Å². The Bertz CT molecular complexity index is 448. The molecule has 1 aliphatic rings. The van der Waals surface area contributed by atoms with Gasteiger partial charge in [0.2, 0.25) is 0 Å². The number of nitrogens with zero attached hydrogens (tertiary/aromatic N) is 1. The molecule has 0 radical (unpaired) electrons. The Kier molecular flexibility index (Phi) is 3.61. The Morgan fingerprint density at radius 2 is 1.83 bits per heavy atom. The third kappa shape index (κ3) is 2.67. The van der Waals surface area contributed by atoms with Crippen molar-refractivity contribution in [1.82, 2.24) is 0 Å². The summed E-state index contributed by atoms with van der Waals surface area (Å²) < 4.78 is 0. The monoisotopic (exact) mass is 242 g/mol. The van der Waals surface area contributed by atoms with Crippen LogP contribution in [0.5, 0.6) is 0 Å². The van der Waals surface area contributed by atoms with Gasteiger partial charge in [-0.1, -0.05) is 32.0 Å². The molecule has 1 aliphatic carbocycles. The van der Waals surface area contributed by atoms with Gasteiger partial charge in [-0.3, -0.25) is 0 Å². The van der Waals surface area contributed by atoms with Crippen LogP contribution in [-0.2, 0) is 0 Å². The first-order chi connectivity index (χ1) is 8.54. The van der Waals surface area contributed by atoms with Crippen molar-refractivity contribution in [2.24, 2.45) is 11.8 Å². The molecule has 0 spiro atoms. The average molecular weight is 242 g/mol. The summed E-state index contributed by atoms with van der Waals surface area (Å²) in [6.07, 6.45) is 3.13.